The number of aliphatic hydroxyl groups is 1. The number of unbranched alkanes of at least 4 members (excludes halogenated alkanes) is 1. The van der Waals surface area contributed by atoms with Crippen molar-refractivity contribution >= 4 is 0 Å². The Morgan fingerprint density at radius 2 is 1.67 bits per heavy atom. The van der Waals surface area contributed by atoms with Gasteiger partial charge in [0.2, 0.25) is 0 Å². The van der Waals surface area contributed by atoms with Crippen molar-refractivity contribution in [2.75, 3.05) is 6.61 Å². The summed E-state index contributed by atoms with van der Waals surface area (Å²) in [6, 6.07) is 0. The molecule has 0 aromatic carbocycles. The van der Waals surface area contributed by atoms with E-state index in [0.29, 0.717) is 12.5 Å². The second-order valence-electron chi connectivity index (χ2n) is 3.13. The average molecular weight is 168 g/mol. The third-order valence-electron chi connectivity index (χ3n) is 2.02. The van der Waals surface area contributed by atoms with Crippen LogP contribution in [0.2, 0.25) is 0 Å². The van der Waals surface area contributed by atoms with Crippen LogP contribution >= 0.6 is 0 Å². The molecule has 0 saturated heterocycles. The fourth-order valence-electron chi connectivity index (χ4n) is 1.35. The number of hydrogen-bond donors (Lipinski definition) is 1. The molecule has 0 amide bonds. The highest BCUT2D eigenvalue weighted by Crippen LogP contribution is 2.17. The summed E-state index contributed by atoms with van der Waals surface area (Å²) in [5, 5.41) is 8.60. The number of aliphatic hydroxyl groups excluding tert-OH is 1. The molecular weight excluding hydrogens is 148 g/mol. The zero-order valence-electron chi connectivity index (χ0n) is 7.84. The van der Waals surface area contributed by atoms with Crippen LogP contribution in [0.5, 0.6) is 0 Å². The molecule has 0 heterocycles. The van der Waals surface area contributed by atoms with Gasteiger partial charge in [-0.2, -0.15) is 0 Å². The maximum Gasteiger partial charge on any atom is 0.0431 e. The van der Waals surface area contributed by atoms with Crippen LogP contribution in [0.15, 0.2) is 25.3 Å². The van der Waals surface area contributed by atoms with E-state index in [-0.39, 0.29) is 0 Å². The van der Waals surface area contributed by atoms with Crippen LogP contribution in [-0.4, -0.2) is 11.7 Å². The van der Waals surface area contributed by atoms with Crippen LogP contribution in [0.4, 0.5) is 0 Å². The molecular formula is C11H20O. The van der Waals surface area contributed by atoms with Crippen LogP contribution in [-0.2, 0) is 0 Å². The first-order valence-electron chi connectivity index (χ1n) is 4.67. The Balaban J connectivity index is 3.47. The fourth-order valence-corrected chi connectivity index (χ4v) is 1.35. The molecule has 0 rings (SSSR count). The van der Waals surface area contributed by atoms with E-state index in [1.807, 2.05) is 12.2 Å². The summed E-state index contributed by atoms with van der Waals surface area (Å²) in [6.45, 7) is 7.77. The average Bonchev–Trinajstić information content (AvgIpc) is 2.06. The summed E-state index contributed by atoms with van der Waals surface area (Å²) in [6.07, 6.45) is 9.28. The van der Waals surface area contributed by atoms with Crippen LogP contribution in [0.3, 0.4) is 0 Å². The molecule has 0 spiro atoms. The van der Waals surface area contributed by atoms with Gasteiger partial charge in [-0.1, -0.05) is 18.6 Å². The van der Waals surface area contributed by atoms with Crippen molar-refractivity contribution in [3.63, 3.8) is 0 Å². The molecule has 1 N–H and O–H groups in total. The largest absolute Gasteiger partial charge is 0.396 e. The van der Waals surface area contributed by atoms with Crippen molar-refractivity contribution in [3.8, 4) is 0 Å². The maximum absolute atomic E-state index is 8.60. The van der Waals surface area contributed by atoms with Gasteiger partial charge in [0, 0.05) is 6.61 Å². The molecule has 1 heteroatoms. The molecule has 0 atom stereocenters. The molecule has 12 heavy (non-hydrogen) atoms. The Bertz CT molecular complexity index is 108. The molecule has 0 saturated carbocycles. The van der Waals surface area contributed by atoms with E-state index in [1.54, 1.807) is 0 Å². The van der Waals surface area contributed by atoms with E-state index in [9.17, 15) is 0 Å². The maximum atomic E-state index is 8.60. The zero-order valence-corrected chi connectivity index (χ0v) is 7.84. The van der Waals surface area contributed by atoms with Crippen molar-refractivity contribution in [2.24, 2.45) is 5.92 Å². The van der Waals surface area contributed by atoms with E-state index in [1.165, 1.54) is 6.42 Å². The highest BCUT2D eigenvalue weighted by atomic mass is 16.2. The molecule has 0 radical (unpaired) electrons. The van der Waals surface area contributed by atoms with Gasteiger partial charge in [0.1, 0.15) is 0 Å². The molecule has 0 fully saturated rings. The smallest absolute Gasteiger partial charge is 0.0431 e. The standard InChI is InChI=1S/C11H20O/c1-3-7-11(8-4-2)9-5-6-10-12/h3-4,11-12H,1-2,5-10H2. The van der Waals surface area contributed by atoms with Crippen molar-refractivity contribution in [3.05, 3.63) is 25.3 Å². The SMILES string of the molecule is C=CCC(CC=C)CCCCO. The minimum Gasteiger partial charge on any atom is -0.396 e. The van der Waals surface area contributed by atoms with Gasteiger partial charge in [-0.05, 0) is 31.6 Å². The van der Waals surface area contributed by atoms with Gasteiger partial charge < -0.3 is 5.11 Å². The van der Waals surface area contributed by atoms with Gasteiger partial charge in [-0.15, -0.1) is 13.2 Å². The minimum absolute atomic E-state index is 0.314. The molecule has 0 aliphatic heterocycles. The number of allylic oxidation sites excluding steroid dienone is 2. The summed E-state index contributed by atoms with van der Waals surface area (Å²) in [5.41, 5.74) is 0. The molecule has 0 aromatic rings. The van der Waals surface area contributed by atoms with Gasteiger partial charge in [0.15, 0.2) is 0 Å². The highest BCUT2D eigenvalue weighted by Gasteiger charge is 2.03. The van der Waals surface area contributed by atoms with Crippen molar-refractivity contribution in [2.45, 2.75) is 32.1 Å². The van der Waals surface area contributed by atoms with Gasteiger partial charge >= 0.3 is 0 Å². The molecule has 0 bridgehead atoms. The summed E-state index contributed by atoms with van der Waals surface area (Å²) in [5.74, 6) is 0.687. The van der Waals surface area contributed by atoms with Crippen LogP contribution in [0, 0.1) is 5.92 Å². The molecule has 0 aromatic heterocycles. The summed E-state index contributed by atoms with van der Waals surface area (Å²) in [7, 11) is 0. The first kappa shape index (κ1) is 11.4. The summed E-state index contributed by atoms with van der Waals surface area (Å²) in [4.78, 5) is 0. The molecule has 0 aliphatic carbocycles. The van der Waals surface area contributed by atoms with Gasteiger partial charge in [0.05, 0.1) is 0 Å². The Morgan fingerprint density at radius 3 is 2.08 bits per heavy atom. The van der Waals surface area contributed by atoms with Crippen molar-refractivity contribution in [1.29, 1.82) is 0 Å². The Kier molecular flexibility index (Phi) is 8.14. The normalized spacial score (nSPS) is 10.2. The Morgan fingerprint density at radius 1 is 1.08 bits per heavy atom. The minimum atomic E-state index is 0.314. The lowest BCUT2D eigenvalue weighted by Crippen LogP contribution is -1.98. The highest BCUT2D eigenvalue weighted by molar-refractivity contribution is 4.79. The molecule has 70 valence electrons. The lowest BCUT2D eigenvalue weighted by atomic mass is 9.95. The van der Waals surface area contributed by atoms with Crippen LogP contribution in [0.1, 0.15) is 32.1 Å². The lowest BCUT2D eigenvalue weighted by Gasteiger charge is -2.11. The van der Waals surface area contributed by atoms with E-state index in [0.717, 1.165) is 25.7 Å². The Hall–Kier alpha value is -0.560. The molecule has 1 nitrogen and oxygen atoms in total. The van der Waals surface area contributed by atoms with E-state index in [2.05, 4.69) is 13.2 Å². The van der Waals surface area contributed by atoms with E-state index in [4.69, 9.17) is 5.11 Å². The van der Waals surface area contributed by atoms with Crippen molar-refractivity contribution < 1.29 is 5.11 Å². The van der Waals surface area contributed by atoms with Crippen LogP contribution < -0.4 is 0 Å². The second-order valence-corrected chi connectivity index (χ2v) is 3.13. The molecule has 0 aliphatic rings. The zero-order chi connectivity index (χ0) is 9.23. The quantitative estimate of drug-likeness (QED) is 0.436. The first-order chi connectivity index (χ1) is 5.85. The Labute approximate surface area is 75.8 Å². The third-order valence-corrected chi connectivity index (χ3v) is 2.02. The monoisotopic (exact) mass is 168 g/mol. The second kappa shape index (κ2) is 8.54. The van der Waals surface area contributed by atoms with Gasteiger partial charge in [-0.25, -0.2) is 0 Å². The van der Waals surface area contributed by atoms with Gasteiger partial charge in [0.25, 0.3) is 0 Å². The van der Waals surface area contributed by atoms with E-state index >= 15 is 0 Å². The predicted octanol–water partition coefficient (Wildman–Crippen LogP) is 2.92. The number of hydrogen-bond acceptors (Lipinski definition) is 1. The summed E-state index contributed by atoms with van der Waals surface area (Å²) >= 11 is 0. The van der Waals surface area contributed by atoms with Crippen LogP contribution in [0.25, 0.3) is 0 Å². The van der Waals surface area contributed by atoms with Gasteiger partial charge in [-0.3, -0.25) is 0 Å². The first-order valence-corrected chi connectivity index (χ1v) is 4.67. The van der Waals surface area contributed by atoms with E-state index < -0.39 is 0 Å². The lowest BCUT2D eigenvalue weighted by molar-refractivity contribution is 0.278. The predicted molar refractivity (Wildman–Crippen MR) is 54.1 cm³/mol. The molecule has 0 unspecified atom stereocenters. The third kappa shape index (κ3) is 6.17. The number of rotatable bonds is 8. The topological polar surface area (TPSA) is 20.2 Å². The summed E-state index contributed by atoms with van der Waals surface area (Å²) < 4.78 is 0. The fraction of sp³-hybridized carbons (Fsp3) is 0.636. The van der Waals surface area contributed by atoms with Crippen molar-refractivity contribution in [1.82, 2.24) is 0 Å².